The maximum absolute atomic E-state index is 12.6. The fourth-order valence-electron chi connectivity index (χ4n) is 1.13. The molecule has 0 unspecified atom stereocenters. The highest BCUT2D eigenvalue weighted by Crippen LogP contribution is 2.41. The molecule has 0 aliphatic rings. The Balaban J connectivity index is 3.49. The van der Waals surface area contributed by atoms with Crippen LogP contribution in [0.3, 0.4) is 0 Å². The van der Waals surface area contributed by atoms with E-state index in [2.05, 4.69) is 20.7 Å². The number of carbonyl (C=O) groups is 1. The molecule has 0 aliphatic carbocycles. The number of ether oxygens (including phenoxy) is 1. The first-order valence-corrected chi connectivity index (χ1v) is 4.74. The van der Waals surface area contributed by atoms with Gasteiger partial charge in [0.15, 0.2) is 0 Å². The van der Waals surface area contributed by atoms with E-state index in [1.807, 2.05) is 0 Å². The summed E-state index contributed by atoms with van der Waals surface area (Å²) in [6.07, 6.45) is -4.67. The molecular weight excluding hydrogens is 293 g/mol. The van der Waals surface area contributed by atoms with Crippen LogP contribution in [0.15, 0.2) is 16.6 Å². The van der Waals surface area contributed by atoms with Gasteiger partial charge in [-0.2, -0.15) is 13.2 Å². The van der Waals surface area contributed by atoms with Crippen LogP contribution >= 0.6 is 15.9 Å². The molecule has 0 saturated heterocycles. The van der Waals surface area contributed by atoms with Gasteiger partial charge in [-0.15, -0.1) is 0 Å². The van der Waals surface area contributed by atoms with Gasteiger partial charge in [0.1, 0.15) is 5.75 Å². The molecule has 0 spiro atoms. The average molecular weight is 299 g/mol. The van der Waals surface area contributed by atoms with E-state index >= 15 is 0 Å². The molecule has 0 amide bonds. The number of alkyl halides is 3. The lowest BCUT2D eigenvalue weighted by Gasteiger charge is -2.14. The molecule has 0 fully saturated rings. The third kappa shape index (κ3) is 2.46. The van der Waals surface area contributed by atoms with Gasteiger partial charge in [-0.1, -0.05) is 0 Å². The minimum Gasteiger partial charge on any atom is -0.495 e. The van der Waals surface area contributed by atoms with Crippen LogP contribution in [0.1, 0.15) is 15.9 Å². The molecule has 0 aromatic heterocycles. The number of methoxy groups -OCH3 is 1. The van der Waals surface area contributed by atoms with E-state index in [1.165, 1.54) is 0 Å². The molecule has 7 heteroatoms. The summed E-state index contributed by atoms with van der Waals surface area (Å²) in [4.78, 5) is 10.6. The zero-order valence-electron chi connectivity index (χ0n) is 7.93. The number of aromatic carboxylic acids is 1. The van der Waals surface area contributed by atoms with Crippen molar-refractivity contribution in [3.05, 3.63) is 27.7 Å². The molecule has 1 aromatic rings. The minimum atomic E-state index is -4.67. The summed E-state index contributed by atoms with van der Waals surface area (Å²) in [5, 5.41) is 8.63. The largest absolute Gasteiger partial charge is 0.495 e. The van der Waals surface area contributed by atoms with Crippen LogP contribution in [0.4, 0.5) is 13.2 Å². The Bertz CT molecular complexity index is 429. The van der Waals surface area contributed by atoms with Crippen molar-refractivity contribution in [2.75, 3.05) is 7.11 Å². The summed E-state index contributed by atoms with van der Waals surface area (Å²) >= 11 is 2.83. The molecule has 0 atom stereocenters. The van der Waals surface area contributed by atoms with Crippen LogP contribution in [-0.2, 0) is 6.18 Å². The van der Waals surface area contributed by atoms with Crippen molar-refractivity contribution in [1.82, 2.24) is 0 Å². The van der Waals surface area contributed by atoms with E-state index < -0.39 is 29.0 Å². The van der Waals surface area contributed by atoms with Gasteiger partial charge in [0.05, 0.1) is 22.7 Å². The van der Waals surface area contributed by atoms with E-state index in [9.17, 15) is 18.0 Å². The molecule has 88 valence electrons. The minimum absolute atomic E-state index is 0.0535. The maximum Gasteiger partial charge on any atom is 0.420 e. The third-order valence-electron chi connectivity index (χ3n) is 1.80. The third-order valence-corrected chi connectivity index (χ3v) is 2.39. The van der Waals surface area contributed by atoms with E-state index in [0.717, 1.165) is 13.2 Å². The number of carboxylic acid groups (broad SMARTS) is 1. The summed E-state index contributed by atoms with van der Waals surface area (Å²) in [5.74, 6) is -1.87. The molecular formula is C9H6BrF3O3. The highest BCUT2D eigenvalue weighted by molar-refractivity contribution is 9.10. The molecule has 0 radical (unpaired) electrons. The second kappa shape index (κ2) is 4.32. The molecule has 0 saturated carbocycles. The van der Waals surface area contributed by atoms with Gasteiger partial charge in [0, 0.05) is 0 Å². The highest BCUT2D eigenvalue weighted by atomic mass is 79.9. The van der Waals surface area contributed by atoms with Crippen LogP contribution in [-0.4, -0.2) is 18.2 Å². The van der Waals surface area contributed by atoms with E-state index in [4.69, 9.17) is 5.11 Å². The fourth-order valence-corrected chi connectivity index (χ4v) is 1.76. The summed E-state index contributed by atoms with van der Waals surface area (Å²) in [7, 11) is 1.08. The van der Waals surface area contributed by atoms with Gasteiger partial charge in [-0.3, -0.25) is 0 Å². The second-order valence-electron chi connectivity index (χ2n) is 2.84. The zero-order chi connectivity index (χ0) is 12.5. The smallest absolute Gasteiger partial charge is 0.420 e. The van der Waals surface area contributed by atoms with Crippen LogP contribution in [0.25, 0.3) is 0 Å². The lowest BCUT2D eigenvalue weighted by atomic mass is 10.1. The van der Waals surface area contributed by atoms with Crippen molar-refractivity contribution in [2.24, 2.45) is 0 Å². The first-order valence-electron chi connectivity index (χ1n) is 3.95. The van der Waals surface area contributed by atoms with E-state index in [1.54, 1.807) is 0 Å². The topological polar surface area (TPSA) is 46.5 Å². The number of halogens is 4. The van der Waals surface area contributed by atoms with E-state index in [-0.39, 0.29) is 4.47 Å². The van der Waals surface area contributed by atoms with Crippen LogP contribution in [0.5, 0.6) is 5.75 Å². The fraction of sp³-hybridized carbons (Fsp3) is 0.222. The molecule has 16 heavy (non-hydrogen) atoms. The Morgan fingerprint density at radius 2 is 2.00 bits per heavy atom. The number of carboxylic acids is 1. The normalized spacial score (nSPS) is 11.3. The van der Waals surface area contributed by atoms with Gasteiger partial charge in [0.25, 0.3) is 0 Å². The molecule has 1 aromatic carbocycles. The first kappa shape index (κ1) is 12.8. The predicted octanol–water partition coefficient (Wildman–Crippen LogP) is 3.17. The predicted molar refractivity (Wildman–Crippen MR) is 52.7 cm³/mol. The van der Waals surface area contributed by atoms with Crippen molar-refractivity contribution < 1.29 is 27.8 Å². The van der Waals surface area contributed by atoms with Crippen molar-refractivity contribution in [1.29, 1.82) is 0 Å². The summed E-state index contributed by atoms with van der Waals surface area (Å²) in [6, 6.07) is 1.59. The quantitative estimate of drug-likeness (QED) is 0.912. The molecule has 3 nitrogen and oxygen atoms in total. The molecule has 0 bridgehead atoms. The van der Waals surface area contributed by atoms with Crippen LogP contribution in [0, 0.1) is 0 Å². The lowest BCUT2D eigenvalue weighted by molar-refractivity contribution is -0.138. The standard InChI is InChI=1S/C9H6BrF3O3/c1-16-7-5(9(11,12)13)2-4(8(14)15)3-6(7)10/h2-3H,1H3,(H,14,15). The Morgan fingerprint density at radius 1 is 1.44 bits per heavy atom. The Labute approximate surface area is 97.0 Å². The van der Waals surface area contributed by atoms with Gasteiger partial charge in [-0.25, -0.2) is 4.79 Å². The monoisotopic (exact) mass is 298 g/mol. The highest BCUT2D eigenvalue weighted by Gasteiger charge is 2.36. The van der Waals surface area contributed by atoms with Crippen molar-refractivity contribution in [3.63, 3.8) is 0 Å². The van der Waals surface area contributed by atoms with Gasteiger partial charge < -0.3 is 9.84 Å². The number of hydrogen-bond acceptors (Lipinski definition) is 2. The van der Waals surface area contributed by atoms with Crippen molar-refractivity contribution in [2.45, 2.75) is 6.18 Å². The number of rotatable bonds is 2. The van der Waals surface area contributed by atoms with Gasteiger partial charge >= 0.3 is 12.1 Å². The first-order chi connectivity index (χ1) is 7.27. The molecule has 0 heterocycles. The van der Waals surface area contributed by atoms with Crippen molar-refractivity contribution >= 4 is 21.9 Å². The summed E-state index contributed by atoms with van der Waals surface area (Å²) < 4.78 is 42.2. The number of hydrogen-bond donors (Lipinski definition) is 1. The van der Waals surface area contributed by atoms with Crippen molar-refractivity contribution in [3.8, 4) is 5.75 Å². The summed E-state index contributed by atoms with van der Waals surface area (Å²) in [5.41, 5.74) is -1.58. The molecule has 1 rings (SSSR count). The van der Waals surface area contributed by atoms with Gasteiger partial charge in [-0.05, 0) is 28.1 Å². The van der Waals surface area contributed by atoms with Gasteiger partial charge in [0.2, 0.25) is 0 Å². The Morgan fingerprint density at radius 3 is 2.38 bits per heavy atom. The lowest BCUT2D eigenvalue weighted by Crippen LogP contribution is -2.10. The Hall–Kier alpha value is -1.24. The Kier molecular flexibility index (Phi) is 3.47. The van der Waals surface area contributed by atoms with Crippen LogP contribution in [0.2, 0.25) is 0 Å². The molecule has 1 N–H and O–H groups in total. The summed E-state index contributed by atoms with van der Waals surface area (Å²) in [6.45, 7) is 0. The zero-order valence-corrected chi connectivity index (χ0v) is 9.52. The number of benzene rings is 1. The average Bonchev–Trinajstić information content (AvgIpc) is 2.14. The van der Waals surface area contributed by atoms with E-state index in [0.29, 0.717) is 6.07 Å². The molecule has 0 aliphatic heterocycles. The van der Waals surface area contributed by atoms with Crippen LogP contribution < -0.4 is 4.74 Å². The SMILES string of the molecule is COc1c(Br)cc(C(=O)O)cc1C(F)(F)F. The maximum atomic E-state index is 12.6. The second-order valence-corrected chi connectivity index (χ2v) is 3.70.